The van der Waals surface area contributed by atoms with Gasteiger partial charge in [-0.2, -0.15) is 0 Å². The van der Waals surface area contributed by atoms with Gasteiger partial charge in [-0.05, 0) is 19.8 Å². The molecule has 1 fully saturated rings. The van der Waals surface area contributed by atoms with Crippen molar-refractivity contribution in [3.05, 3.63) is 0 Å². The van der Waals surface area contributed by atoms with Crippen LogP contribution in [0.3, 0.4) is 0 Å². The molecule has 1 saturated heterocycles. The van der Waals surface area contributed by atoms with Crippen molar-refractivity contribution in [1.82, 2.24) is 9.80 Å². The van der Waals surface area contributed by atoms with Gasteiger partial charge >= 0.3 is 5.97 Å². The van der Waals surface area contributed by atoms with E-state index in [1.54, 1.807) is 14.0 Å². The fourth-order valence-corrected chi connectivity index (χ4v) is 1.95. The van der Waals surface area contributed by atoms with Crippen LogP contribution in [0.1, 0.15) is 26.7 Å². The lowest BCUT2D eigenvalue weighted by Crippen LogP contribution is -2.46. The van der Waals surface area contributed by atoms with Crippen LogP contribution >= 0.6 is 0 Å². The minimum absolute atomic E-state index is 0.00520. The zero-order valence-corrected chi connectivity index (χ0v) is 11.1. The second-order valence-corrected chi connectivity index (χ2v) is 4.37. The third-order valence-corrected chi connectivity index (χ3v) is 3.04. The van der Waals surface area contributed by atoms with E-state index in [0.717, 1.165) is 6.42 Å². The highest BCUT2D eigenvalue weighted by Gasteiger charge is 2.35. The first-order valence-corrected chi connectivity index (χ1v) is 6.15. The molecule has 0 aliphatic carbocycles. The predicted octanol–water partition coefficient (Wildman–Crippen LogP) is 0.0188. The fraction of sp³-hybridized carbons (Fsp3) is 0.750. The summed E-state index contributed by atoms with van der Waals surface area (Å²) in [6.45, 7) is 4.01. The number of amides is 2. The second kappa shape index (κ2) is 6.37. The highest BCUT2D eigenvalue weighted by Crippen LogP contribution is 2.18. The van der Waals surface area contributed by atoms with E-state index < -0.39 is 6.04 Å². The lowest BCUT2D eigenvalue weighted by molar-refractivity contribution is -0.153. The normalized spacial score (nSPS) is 18.6. The number of nitrogens with zero attached hydrogens (tertiary/aromatic N) is 2. The Morgan fingerprint density at radius 3 is 2.61 bits per heavy atom. The number of esters is 1. The molecule has 0 radical (unpaired) electrons. The van der Waals surface area contributed by atoms with Gasteiger partial charge < -0.3 is 14.5 Å². The molecule has 0 spiro atoms. The molecule has 1 aliphatic rings. The Morgan fingerprint density at radius 2 is 2.06 bits per heavy atom. The number of likely N-dealkylation sites (tertiary alicyclic amines) is 1. The topological polar surface area (TPSA) is 66.9 Å². The van der Waals surface area contributed by atoms with Gasteiger partial charge in [0, 0.05) is 20.5 Å². The fourth-order valence-electron chi connectivity index (χ4n) is 1.95. The Kier molecular flexibility index (Phi) is 5.12. The van der Waals surface area contributed by atoms with Crippen LogP contribution in [-0.4, -0.2) is 60.4 Å². The molecule has 6 nitrogen and oxygen atoms in total. The molecule has 18 heavy (non-hydrogen) atoms. The SMILES string of the molecule is CCOC(=O)C1CCCN1C(=O)CN(C)C(C)=O. The first-order valence-electron chi connectivity index (χ1n) is 6.15. The van der Waals surface area contributed by atoms with Crippen LogP contribution < -0.4 is 0 Å². The highest BCUT2D eigenvalue weighted by atomic mass is 16.5. The molecule has 1 rings (SSSR count). The van der Waals surface area contributed by atoms with Crippen molar-refractivity contribution in [1.29, 1.82) is 0 Å². The first kappa shape index (κ1) is 14.5. The molecule has 2 amide bonds. The predicted molar refractivity (Wildman–Crippen MR) is 64.7 cm³/mol. The average Bonchev–Trinajstić information content (AvgIpc) is 2.77. The summed E-state index contributed by atoms with van der Waals surface area (Å²) >= 11 is 0. The molecular formula is C12H20N2O4. The van der Waals surface area contributed by atoms with Crippen molar-refractivity contribution >= 4 is 17.8 Å². The number of carbonyl (C=O) groups excluding carboxylic acids is 3. The van der Waals surface area contributed by atoms with Crippen molar-refractivity contribution in [3.8, 4) is 0 Å². The number of carbonyl (C=O) groups is 3. The van der Waals surface area contributed by atoms with Gasteiger partial charge in [0.15, 0.2) is 0 Å². The Labute approximate surface area is 107 Å². The van der Waals surface area contributed by atoms with Crippen molar-refractivity contribution in [2.75, 3.05) is 26.7 Å². The van der Waals surface area contributed by atoms with Gasteiger partial charge in [-0.3, -0.25) is 9.59 Å². The standard InChI is InChI=1S/C12H20N2O4/c1-4-18-12(17)10-6-5-7-14(10)11(16)8-13(3)9(2)15/h10H,4-8H2,1-3H3. The van der Waals surface area contributed by atoms with E-state index >= 15 is 0 Å². The summed E-state index contributed by atoms with van der Waals surface area (Å²) < 4.78 is 4.95. The van der Waals surface area contributed by atoms with Crippen LogP contribution in [0.15, 0.2) is 0 Å². The zero-order valence-electron chi connectivity index (χ0n) is 11.1. The molecular weight excluding hydrogens is 236 g/mol. The van der Waals surface area contributed by atoms with Crippen LogP contribution in [0.4, 0.5) is 0 Å². The van der Waals surface area contributed by atoms with Crippen molar-refractivity contribution < 1.29 is 19.1 Å². The molecule has 1 heterocycles. The molecule has 1 atom stereocenters. The van der Waals surface area contributed by atoms with E-state index in [0.29, 0.717) is 19.6 Å². The summed E-state index contributed by atoms with van der Waals surface area (Å²) in [5.74, 6) is -0.729. The molecule has 0 aromatic rings. The van der Waals surface area contributed by atoms with Gasteiger partial charge in [0.05, 0.1) is 13.2 Å². The lowest BCUT2D eigenvalue weighted by Gasteiger charge is -2.25. The number of ether oxygens (including phenoxy) is 1. The smallest absolute Gasteiger partial charge is 0.328 e. The molecule has 0 N–H and O–H groups in total. The van der Waals surface area contributed by atoms with Crippen molar-refractivity contribution in [2.45, 2.75) is 32.7 Å². The maximum absolute atomic E-state index is 12.0. The van der Waals surface area contributed by atoms with Gasteiger partial charge in [-0.25, -0.2) is 4.79 Å². The summed E-state index contributed by atoms with van der Waals surface area (Å²) in [5, 5.41) is 0. The monoisotopic (exact) mass is 256 g/mol. The van der Waals surface area contributed by atoms with Crippen LogP contribution in [0.25, 0.3) is 0 Å². The van der Waals surface area contributed by atoms with Gasteiger partial charge in [-0.1, -0.05) is 0 Å². The Bertz CT molecular complexity index is 343. The maximum Gasteiger partial charge on any atom is 0.328 e. The Balaban J connectivity index is 2.61. The number of rotatable bonds is 4. The molecule has 0 bridgehead atoms. The summed E-state index contributed by atoms with van der Waals surface area (Å²) in [6, 6.07) is -0.488. The van der Waals surface area contributed by atoms with Crippen LogP contribution in [-0.2, 0) is 19.1 Å². The molecule has 1 aliphatic heterocycles. The molecule has 102 valence electrons. The minimum Gasteiger partial charge on any atom is -0.464 e. The molecule has 6 heteroatoms. The lowest BCUT2D eigenvalue weighted by atomic mass is 10.2. The van der Waals surface area contributed by atoms with E-state index in [1.807, 2.05) is 0 Å². The first-order chi connectivity index (χ1) is 8.47. The van der Waals surface area contributed by atoms with E-state index in [4.69, 9.17) is 4.74 Å². The molecule has 0 aromatic carbocycles. The molecule has 0 saturated carbocycles. The summed E-state index contributed by atoms with van der Waals surface area (Å²) in [4.78, 5) is 37.6. The Morgan fingerprint density at radius 1 is 1.39 bits per heavy atom. The highest BCUT2D eigenvalue weighted by molar-refractivity contribution is 5.88. The van der Waals surface area contributed by atoms with Gasteiger partial charge in [0.25, 0.3) is 0 Å². The summed E-state index contributed by atoms with van der Waals surface area (Å²) in [6.07, 6.45) is 1.42. The van der Waals surface area contributed by atoms with Gasteiger partial charge in [0.1, 0.15) is 6.04 Å². The zero-order chi connectivity index (χ0) is 13.7. The maximum atomic E-state index is 12.0. The van der Waals surface area contributed by atoms with Crippen LogP contribution in [0, 0.1) is 0 Å². The van der Waals surface area contributed by atoms with Gasteiger partial charge in [-0.15, -0.1) is 0 Å². The number of hydrogen-bond acceptors (Lipinski definition) is 4. The molecule has 1 unspecified atom stereocenters. The number of likely N-dealkylation sites (N-methyl/N-ethyl adjacent to an activating group) is 1. The Hall–Kier alpha value is -1.59. The minimum atomic E-state index is -0.488. The largest absolute Gasteiger partial charge is 0.464 e. The van der Waals surface area contributed by atoms with Crippen LogP contribution in [0.5, 0.6) is 0 Å². The van der Waals surface area contributed by atoms with Crippen LogP contribution in [0.2, 0.25) is 0 Å². The summed E-state index contributed by atoms with van der Waals surface area (Å²) in [7, 11) is 1.57. The van der Waals surface area contributed by atoms with Crippen molar-refractivity contribution in [2.24, 2.45) is 0 Å². The second-order valence-electron chi connectivity index (χ2n) is 4.37. The van der Waals surface area contributed by atoms with E-state index in [9.17, 15) is 14.4 Å². The van der Waals surface area contributed by atoms with E-state index in [2.05, 4.69) is 0 Å². The summed E-state index contributed by atoms with van der Waals surface area (Å²) in [5.41, 5.74) is 0. The van der Waals surface area contributed by atoms with Crippen molar-refractivity contribution in [3.63, 3.8) is 0 Å². The van der Waals surface area contributed by atoms with E-state index in [-0.39, 0.29) is 24.3 Å². The third-order valence-electron chi connectivity index (χ3n) is 3.04. The average molecular weight is 256 g/mol. The van der Waals surface area contributed by atoms with E-state index in [1.165, 1.54) is 16.7 Å². The quantitative estimate of drug-likeness (QED) is 0.665. The van der Waals surface area contributed by atoms with Gasteiger partial charge in [0.2, 0.25) is 11.8 Å². The number of hydrogen-bond donors (Lipinski definition) is 0. The molecule has 0 aromatic heterocycles. The third kappa shape index (κ3) is 3.45.